The van der Waals surface area contributed by atoms with Crippen LogP contribution < -0.4 is 15.0 Å². The van der Waals surface area contributed by atoms with Crippen molar-refractivity contribution < 1.29 is 14.3 Å². The molecular weight excluding hydrogens is 608 g/mol. The highest BCUT2D eigenvalue weighted by molar-refractivity contribution is 6.21. The van der Waals surface area contributed by atoms with E-state index in [1.165, 1.54) is 16.7 Å². The second kappa shape index (κ2) is 12.0. The van der Waals surface area contributed by atoms with Crippen LogP contribution in [0.15, 0.2) is 91.0 Å². The number of H-pyrrole nitrogens is 2. The maximum absolute atomic E-state index is 14.3. The van der Waals surface area contributed by atoms with E-state index in [-0.39, 0.29) is 23.1 Å². The third-order valence-corrected chi connectivity index (χ3v) is 9.90. The second-order valence-corrected chi connectivity index (χ2v) is 13.3. The van der Waals surface area contributed by atoms with Gasteiger partial charge >= 0.3 is 0 Å². The summed E-state index contributed by atoms with van der Waals surface area (Å²) in [6, 6.07) is 29.3. The Hall–Kier alpha value is -5.01. The fourth-order valence-electron chi connectivity index (χ4n) is 7.24. The summed E-state index contributed by atoms with van der Waals surface area (Å²) in [5.41, 5.74) is 9.09. The number of aromatic nitrogens is 2. The number of fused-ring (bicyclic) bond motifs is 5. The number of nitrogens with zero attached hydrogens (tertiary/aromatic N) is 1. The summed E-state index contributed by atoms with van der Waals surface area (Å²) < 4.78 is 6.47. The summed E-state index contributed by atoms with van der Waals surface area (Å²) in [4.78, 5) is 35.7. The van der Waals surface area contributed by atoms with E-state index in [1.54, 1.807) is 0 Å². The van der Waals surface area contributed by atoms with Crippen LogP contribution >= 0.6 is 11.6 Å². The molecule has 0 saturated carbocycles. The van der Waals surface area contributed by atoms with Crippen molar-refractivity contribution >= 4 is 56.6 Å². The highest BCUT2D eigenvalue weighted by atomic mass is 35.5. The van der Waals surface area contributed by atoms with Crippen LogP contribution in [0.5, 0.6) is 5.75 Å². The first kappa shape index (κ1) is 29.4. The van der Waals surface area contributed by atoms with Gasteiger partial charge < -0.3 is 24.9 Å². The molecule has 0 fully saturated rings. The predicted molar refractivity (Wildman–Crippen MR) is 188 cm³/mol. The number of amides is 2. The van der Waals surface area contributed by atoms with E-state index in [2.05, 4.69) is 33.5 Å². The lowest BCUT2D eigenvalue weighted by molar-refractivity contribution is 0.0982. The molecule has 3 N–H and O–H groups in total. The van der Waals surface area contributed by atoms with Crippen LogP contribution in [0.3, 0.4) is 0 Å². The highest BCUT2D eigenvalue weighted by Gasteiger charge is 2.39. The normalized spacial score (nSPS) is 16.2. The van der Waals surface area contributed by atoms with Crippen LogP contribution in [-0.4, -0.2) is 33.7 Å². The summed E-state index contributed by atoms with van der Waals surface area (Å²) in [5.74, 6) is 0.544. The molecule has 6 aromatic rings. The number of carbonyl (C=O) groups excluding carboxylic acids is 2. The van der Waals surface area contributed by atoms with Gasteiger partial charge in [0.25, 0.3) is 11.8 Å². The highest BCUT2D eigenvalue weighted by Crippen LogP contribution is 2.48. The summed E-state index contributed by atoms with van der Waals surface area (Å²) in [7, 11) is 0. The van der Waals surface area contributed by atoms with E-state index >= 15 is 0 Å². The number of aromatic amines is 2. The van der Waals surface area contributed by atoms with E-state index in [9.17, 15) is 9.59 Å². The first-order valence-corrected chi connectivity index (χ1v) is 16.7. The molecule has 0 radical (unpaired) electrons. The summed E-state index contributed by atoms with van der Waals surface area (Å²) in [5, 5.41) is 4.66. The molecule has 7 nitrogen and oxygen atoms in total. The molecular formula is C39H35ClN4O3. The SMILES string of the molecule is C[C@H](Cl)[C@H]1CN(C(=O)c2cc3cc(NC(=O)c4cc5ccccc5[nH]4)ccc3[nH]2)c2cc(OCc3ccccc3)c3c(c21)CCCC3. The maximum Gasteiger partial charge on any atom is 0.274 e. The number of halogens is 1. The third kappa shape index (κ3) is 5.44. The number of ether oxygens (including phenoxy) is 1. The Bertz CT molecular complexity index is 2120. The van der Waals surface area contributed by atoms with Crippen molar-refractivity contribution in [2.75, 3.05) is 16.8 Å². The molecule has 236 valence electrons. The minimum absolute atomic E-state index is 0.0291. The number of benzene rings is 4. The summed E-state index contributed by atoms with van der Waals surface area (Å²) in [6.07, 6.45) is 4.16. The number of rotatable bonds is 7. The van der Waals surface area contributed by atoms with E-state index in [0.717, 1.165) is 64.5 Å². The molecule has 8 heteroatoms. The minimum atomic E-state index is -0.226. The van der Waals surface area contributed by atoms with Gasteiger partial charge in [0.15, 0.2) is 0 Å². The molecule has 4 aromatic carbocycles. The molecule has 8 rings (SSSR count). The molecule has 2 aromatic heterocycles. The standard InChI is InChI=1S/C39H35ClN4O3/c1-23(40)30-21-44(35-20-36(47-22-24-9-3-2-4-10-24)28-12-6-7-13-29(28)37(30)35)39(46)34-19-26-17-27(15-16-32(26)43-34)41-38(45)33-18-25-11-5-8-14-31(25)42-33/h2-5,8-11,14-20,23,30,42-43H,6-7,12-13,21-22H2,1H3,(H,41,45)/t23-,30+/m0/s1. The Morgan fingerprint density at radius 3 is 2.40 bits per heavy atom. The number of hydrogen-bond donors (Lipinski definition) is 3. The molecule has 0 unspecified atom stereocenters. The molecule has 2 amide bonds. The molecule has 3 heterocycles. The lowest BCUT2D eigenvalue weighted by atomic mass is 9.82. The van der Waals surface area contributed by atoms with Gasteiger partial charge in [0.2, 0.25) is 0 Å². The van der Waals surface area contributed by atoms with Crippen LogP contribution in [0.1, 0.15) is 68.9 Å². The topological polar surface area (TPSA) is 90.2 Å². The number of anilines is 2. The Balaban J connectivity index is 1.09. The number of alkyl halides is 1. The van der Waals surface area contributed by atoms with Gasteiger partial charge in [0.05, 0.1) is 5.69 Å². The van der Waals surface area contributed by atoms with E-state index in [4.69, 9.17) is 16.3 Å². The molecule has 2 atom stereocenters. The predicted octanol–water partition coefficient (Wildman–Crippen LogP) is 8.73. The fraction of sp³-hybridized carbons (Fsp3) is 0.231. The summed E-state index contributed by atoms with van der Waals surface area (Å²) >= 11 is 6.83. The lowest BCUT2D eigenvalue weighted by Gasteiger charge is -2.26. The fourth-order valence-corrected chi connectivity index (χ4v) is 7.44. The van der Waals surface area contributed by atoms with Gasteiger partial charge in [-0.25, -0.2) is 0 Å². The number of para-hydroxylation sites is 1. The van der Waals surface area contributed by atoms with Gasteiger partial charge in [-0.1, -0.05) is 48.5 Å². The van der Waals surface area contributed by atoms with Gasteiger partial charge in [-0.3, -0.25) is 9.59 Å². The average Bonchev–Trinajstić information content (AvgIpc) is 3.82. The Morgan fingerprint density at radius 1 is 0.872 bits per heavy atom. The number of carbonyl (C=O) groups is 2. The van der Waals surface area contributed by atoms with Crippen molar-refractivity contribution in [3.05, 3.63) is 125 Å². The van der Waals surface area contributed by atoms with Crippen molar-refractivity contribution in [2.24, 2.45) is 0 Å². The monoisotopic (exact) mass is 642 g/mol. The van der Waals surface area contributed by atoms with Crippen LogP contribution in [0.2, 0.25) is 0 Å². The zero-order valence-electron chi connectivity index (χ0n) is 26.1. The first-order chi connectivity index (χ1) is 22.9. The Labute approximate surface area is 277 Å². The molecule has 47 heavy (non-hydrogen) atoms. The Kier molecular flexibility index (Phi) is 7.49. The van der Waals surface area contributed by atoms with Crippen LogP contribution in [0.25, 0.3) is 21.8 Å². The lowest BCUT2D eigenvalue weighted by Crippen LogP contribution is -2.31. The van der Waals surface area contributed by atoms with E-state index in [1.807, 2.05) is 84.6 Å². The zero-order chi connectivity index (χ0) is 32.1. The van der Waals surface area contributed by atoms with Crippen LogP contribution in [-0.2, 0) is 19.4 Å². The molecule has 0 saturated heterocycles. The van der Waals surface area contributed by atoms with Crippen LogP contribution in [0.4, 0.5) is 11.4 Å². The van der Waals surface area contributed by atoms with E-state index < -0.39 is 0 Å². The van der Waals surface area contributed by atoms with Crippen LogP contribution in [0, 0.1) is 0 Å². The molecule has 0 bridgehead atoms. The molecule has 1 aliphatic carbocycles. The van der Waals surface area contributed by atoms with Crippen molar-refractivity contribution in [1.82, 2.24) is 9.97 Å². The van der Waals surface area contributed by atoms with Crippen molar-refractivity contribution in [1.29, 1.82) is 0 Å². The molecule has 0 spiro atoms. The summed E-state index contributed by atoms with van der Waals surface area (Å²) in [6.45, 7) is 3.00. The Morgan fingerprint density at radius 2 is 1.60 bits per heavy atom. The van der Waals surface area contributed by atoms with Crippen molar-refractivity contribution in [2.45, 2.75) is 50.5 Å². The maximum atomic E-state index is 14.3. The van der Waals surface area contributed by atoms with Crippen molar-refractivity contribution in [3.8, 4) is 5.75 Å². The van der Waals surface area contributed by atoms with Crippen molar-refractivity contribution in [3.63, 3.8) is 0 Å². The van der Waals surface area contributed by atoms with Gasteiger partial charge in [-0.15, -0.1) is 11.6 Å². The molecule has 1 aliphatic heterocycles. The first-order valence-electron chi connectivity index (χ1n) is 16.3. The minimum Gasteiger partial charge on any atom is -0.489 e. The quantitative estimate of drug-likeness (QED) is 0.152. The zero-order valence-corrected chi connectivity index (χ0v) is 26.9. The molecule has 2 aliphatic rings. The van der Waals surface area contributed by atoms with Gasteiger partial charge in [0, 0.05) is 51.4 Å². The third-order valence-electron chi connectivity index (χ3n) is 9.60. The number of hydrogen-bond acceptors (Lipinski definition) is 3. The van der Waals surface area contributed by atoms with Gasteiger partial charge in [0.1, 0.15) is 23.7 Å². The second-order valence-electron chi connectivity index (χ2n) is 12.7. The average molecular weight is 643 g/mol. The van der Waals surface area contributed by atoms with E-state index in [0.29, 0.717) is 30.2 Å². The largest absolute Gasteiger partial charge is 0.489 e. The number of nitrogens with one attached hydrogen (secondary N) is 3. The van der Waals surface area contributed by atoms with Gasteiger partial charge in [-0.05, 0) is 91.3 Å². The smallest absolute Gasteiger partial charge is 0.274 e. The van der Waals surface area contributed by atoms with Gasteiger partial charge in [-0.2, -0.15) is 0 Å².